The Bertz CT molecular complexity index is 1050. The molecule has 0 aliphatic heterocycles. The van der Waals surface area contributed by atoms with Crippen molar-refractivity contribution in [3.8, 4) is 0 Å². The molecule has 0 unspecified atom stereocenters. The van der Waals surface area contributed by atoms with Crippen molar-refractivity contribution < 1.29 is 9.59 Å². The third kappa shape index (κ3) is 6.73. The van der Waals surface area contributed by atoms with Gasteiger partial charge in [-0.15, -0.1) is 10.2 Å². The molecule has 1 aromatic heterocycles. The van der Waals surface area contributed by atoms with Gasteiger partial charge >= 0.3 is 0 Å². The van der Waals surface area contributed by atoms with E-state index >= 15 is 0 Å². The van der Waals surface area contributed by atoms with Crippen LogP contribution in [0.3, 0.4) is 0 Å². The van der Waals surface area contributed by atoms with Crippen molar-refractivity contribution in [2.75, 3.05) is 18.9 Å². The highest BCUT2D eigenvalue weighted by Crippen LogP contribution is 2.29. The molecule has 0 aliphatic carbocycles. The van der Waals surface area contributed by atoms with Crippen LogP contribution in [-0.4, -0.2) is 40.5 Å². The van der Waals surface area contributed by atoms with Gasteiger partial charge in [-0.3, -0.25) is 14.5 Å². The number of hydrogen-bond donors (Lipinski definition) is 2. The summed E-state index contributed by atoms with van der Waals surface area (Å²) in [6.07, 6.45) is 0. The Balaban J connectivity index is 1.49. The van der Waals surface area contributed by atoms with Gasteiger partial charge in [0.05, 0.1) is 28.8 Å². The highest BCUT2D eigenvalue weighted by atomic mass is 35.5. The molecular formula is C21H21Cl2N5O2S. The number of amides is 2. The first kappa shape index (κ1) is 23.1. The molecule has 0 bridgehead atoms. The van der Waals surface area contributed by atoms with Crippen molar-refractivity contribution in [2.45, 2.75) is 20.0 Å². The van der Waals surface area contributed by atoms with Crippen LogP contribution in [0, 0.1) is 6.92 Å². The van der Waals surface area contributed by atoms with E-state index in [4.69, 9.17) is 23.2 Å². The molecule has 3 rings (SSSR count). The number of benzene rings is 2. The maximum absolute atomic E-state index is 12.3. The van der Waals surface area contributed by atoms with Gasteiger partial charge < -0.3 is 10.6 Å². The summed E-state index contributed by atoms with van der Waals surface area (Å²) in [6.45, 7) is 2.89. The molecule has 0 aliphatic rings. The van der Waals surface area contributed by atoms with Crippen molar-refractivity contribution in [3.63, 3.8) is 0 Å². The molecule has 2 aromatic carbocycles. The molecule has 2 N–H and O–H groups in total. The first-order chi connectivity index (χ1) is 14.8. The van der Waals surface area contributed by atoms with Crippen LogP contribution in [0.5, 0.6) is 0 Å². The van der Waals surface area contributed by atoms with Gasteiger partial charge in [0.25, 0.3) is 5.91 Å². The summed E-state index contributed by atoms with van der Waals surface area (Å²) in [6, 6.07) is 12.9. The largest absolute Gasteiger partial charge is 0.346 e. The monoisotopic (exact) mass is 477 g/mol. The maximum atomic E-state index is 12.3. The van der Waals surface area contributed by atoms with Crippen molar-refractivity contribution in [1.29, 1.82) is 0 Å². The van der Waals surface area contributed by atoms with Gasteiger partial charge in [-0.1, -0.05) is 70.4 Å². The number of rotatable bonds is 8. The number of likely N-dealkylation sites (N-methyl/N-ethyl adjacent to an activating group) is 1. The van der Waals surface area contributed by atoms with Gasteiger partial charge in [0.2, 0.25) is 10.9 Å². The van der Waals surface area contributed by atoms with E-state index in [0.29, 0.717) is 33.8 Å². The second-order valence-electron chi connectivity index (χ2n) is 6.99. The molecule has 0 fully saturated rings. The molecule has 1 heterocycles. The van der Waals surface area contributed by atoms with Crippen LogP contribution < -0.4 is 10.6 Å². The van der Waals surface area contributed by atoms with E-state index in [1.165, 1.54) is 11.3 Å². The summed E-state index contributed by atoms with van der Waals surface area (Å²) >= 11 is 13.3. The van der Waals surface area contributed by atoms with E-state index < -0.39 is 0 Å². The van der Waals surface area contributed by atoms with Gasteiger partial charge in [-0.25, -0.2) is 0 Å². The summed E-state index contributed by atoms with van der Waals surface area (Å²) in [5.74, 6) is -0.545. The fourth-order valence-corrected chi connectivity index (χ4v) is 4.03. The lowest BCUT2D eigenvalue weighted by Crippen LogP contribution is -2.30. The molecular weight excluding hydrogens is 457 g/mol. The smallest absolute Gasteiger partial charge is 0.282 e. The van der Waals surface area contributed by atoms with Crippen molar-refractivity contribution >= 4 is 52.0 Å². The topological polar surface area (TPSA) is 87.2 Å². The Labute approximate surface area is 194 Å². The molecule has 3 aromatic rings. The number of hydrogen-bond acceptors (Lipinski definition) is 6. The van der Waals surface area contributed by atoms with Crippen molar-refractivity contribution in [2.24, 2.45) is 0 Å². The minimum atomic E-state index is -0.280. The SMILES string of the molecule is Cc1ccc(CNC(=O)c2nnc(CN(C)CC(=O)Nc3c(Cl)cccc3Cl)s2)cc1. The normalized spacial score (nSPS) is 10.9. The van der Waals surface area contributed by atoms with Gasteiger partial charge in [-0.05, 0) is 31.7 Å². The van der Waals surface area contributed by atoms with Gasteiger partial charge in [0.1, 0.15) is 5.01 Å². The zero-order valence-electron chi connectivity index (χ0n) is 17.0. The number of aromatic nitrogens is 2. The minimum Gasteiger partial charge on any atom is -0.346 e. The van der Waals surface area contributed by atoms with E-state index in [2.05, 4.69) is 20.8 Å². The molecule has 31 heavy (non-hydrogen) atoms. The standard InChI is InChI=1S/C21H21Cl2N5O2S/c1-13-6-8-14(9-7-13)10-24-20(30)21-27-26-18(31-21)12-28(2)11-17(29)25-19-15(22)4-3-5-16(19)23/h3-9H,10-12H2,1-2H3,(H,24,30)(H,25,29). The number of nitrogens with zero attached hydrogens (tertiary/aromatic N) is 3. The van der Waals surface area contributed by atoms with E-state index in [1.54, 1.807) is 30.1 Å². The number of carbonyl (C=O) groups excluding carboxylic acids is 2. The lowest BCUT2D eigenvalue weighted by Gasteiger charge is -2.15. The lowest BCUT2D eigenvalue weighted by atomic mass is 10.1. The first-order valence-electron chi connectivity index (χ1n) is 9.40. The van der Waals surface area contributed by atoms with Crippen LogP contribution >= 0.6 is 34.5 Å². The fourth-order valence-electron chi connectivity index (χ4n) is 2.70. The molecule has 0 atom stereocenters. The summed E-state index contributed by atoms with van der Waals surface area (Å²) in [5.41, 5.74) is 2.55. The third-order valence-electron chi connectivity index (χ3n) is 4.28. The molecule has 162 valence electrons. The van der Waals surface area contributed by atoms with Crippen LogP contribution in [0.4, 0.5) is 5.69 Å². The van der Waals surface area contributed by atoms with Crippen LogP contribution in [0.2, 0.25) is 10.0 Å². The van der Waals surface area contributed by atoms with E-state index in [1.807, 2.05) is 31.2 Å². The zero-order chi connectivity index (χ0) is 22.4. The second kappa shape index (κ2) is 10.7. The Kier molecular flexibility index (Phi) is 7.97. The van der Waals surface area contributed by atoms with E-state index in [9.17, 15) is 9.59 Å². The average Bonchev–Trinajstić information content (AvgIpc) is 3.18. The summed E-state index contributed by atoms with van der Waals surface area (Å²) < 4.78 is 0. The third-order valence-corrected chi connectivity index (χ3v) is 5.82. The Morgan fingerprint density at radius 2 is 1.74 bits per heavy atom. The Morgan fingerprint density at radius 1 is 1.06 bits per heavy atom. The predicted molar refractivity (Wildman–Crippen MR) is 124 cm³/mol. The second-order valence-corrected chi connectivity index (χ2v) is 8.86. The van der Waals surface area contributed by atoms with Crippen molar-refractivity contribution in [3.05, 3.63) is 73.7 Å². The van der Waals surface area contributed by atoms with Crippen LogP contribution in [0.15, 0.2) is 42.5 Å². The highest BCUT2D eigenvalue weighted by molar-refractivity contribution is 7.13. The van der Waals surface area contributed by atoms with Crippen LogP contribution in [-0.2, 0) is 17.9 Å². The number of para-hydroxylation sites is 1. The summed E-state index contributed by atoms with van der Waals surface area (Å²) in [5, 5.41) is 15.2. The fraction of sp³-hybridized carbons (Fsp3) is 0.238. The Hall–Kier alpha value is -2.52. The summed E-state index contributed by atoms with van der Waals surface area (Å²) in [4.78, 5) is 26.4. The Morgan fingerprint density at radius 3 is 2.42 bits per heavy atom. The van der Waals surface area contributed by atoms with Gasteiger partial charge in [0, 0.05) is 6.54 Å². The highest BCUT2D eigenvalue weighted by Gasteiger charge is 2.16. The molecule has 2 amide bonds. The summed E-state index contributed by atoms with van der Waals surface area (Å²) in [7, 11) is 1.77. The van der Waals surface area contributed by atoms with Gasteiger partial charge in [0.15, 0.2) is 0 Å². The predicted octanol–water partition coefficient (Wildman–Crippen LogP) is 4.15. The first-order valence-corrected chi connectivity index (χ1v) is 11.0. The van der Waals surface area contributed by atoms with E-state index in [-0.39, 0.29) is 23.4 Å². The van der Waals surface area contributed by atoms with Crippen LogP contribution in [0.25, 0.3) is 0 Å². The van der Waals surface area contributed by atoms with Crippen molar-refractivity contribution in [1.82, 2.24) is 20.4 Å². The number of anilines is 1. The number of aryl methyl sites for hydroxylation is 1. The van der Waals surface area contributed by atoms with E-state index in [0.717, 1.165) is 11.1 Å². The molecule has 0 saturated heterocycles. The maximum Gasteiger partial charge on any atom is 0.282 e. The van der Waals surface area contributed by atoms with Gasteiger partial charge in [-0.2, -0.15) is 0 Å². The molecule has 10 heteroatoms. The molecule has 0 saturated carbocycles. The zero-order valence-corrected chi connectivity index (χ0v) is 19.3. The van der Waals surface area contributed by atoms with Crippen LogP contribution in [0.1, 0.15) is 25.9 Å². The average molecular weight is 478 g/mol. The lowest BCUT2D eigenvalue weighted by molar-refractivity contribution is -0.117. The number of carbonyl (C=O) groups is 2. The quantitative estimate of drug-likeness (QED) is 0.508. The number of nitrogens with one attached hydrogen (secondary N) is 2. The number of halogens is 2. The molecule has 0 spiro atoms. The molecule has 0 radical (unpaired) electrons. The minimum absolute atomic E-state index is 0.0933. The molecule has 7 nitrogen and oxygen atoms in total.